The van der Waals surface area contributed by atoms with E-state index in [1.807, 2.05) is 24.3 Å². The van der Waals surface area contributed by atoms with Crippen LogP contribution in [0, 0.1) is 5.92 Å². The van der Waals surface area contributed by atoms with Crippen LogP contribution < -0.4 is 4.74 Å². The molecule has 5 heteroatoms. The van der Waals surface area contributed by atoms with Crippen molar-refractivity contribution < 1.29 is 19.1 Å². The van der Waals surface area contributed by atoms with E-state index in [4.69, 9.17) is 9.47 Å². The number of carbonyl (C=O) groups excluding carboxylic acids is 2. The fraction of sp³-hybridized carbons (Fsp3) is 0.600. The van der Waals surface area contributed by atoms with Crippen molar-refractivity contribution in [2.75, 3.05) is 26.8 Å². The molecule has 0 saturated heterocycles. The fourth-order valence-corrected chi connectivity index (χ4v) is 2.53. The summed E-state index contributed by atoms with van der Waals surface area (Å²) in [6.45, 7) is 6.95. The summed E-state index contributed by atoms with van der Waals surface area (Å²) < 4.78 is 10.4. The predicted octanol–water partition coefficient (Wildman–Crippen LogP) is 3.46. The largest absolute Gasteiger partial charge is 0.484 e. The highest BCUT2D eigenvalue weighted by atomic mass is 16.5. The topological polar surface area (TPSA) is 55.8 Å². The maximum Gasteiger partial charge on any atom is 0.310 e. The number of nitrogens with zero attached hydrogens (tertiary/aromatic N) is 1. The number of benzene rings is 1. The molecule has 0 aromatic heterocycles. The maximum absolute atomic E-state index is 12.5. The van der Waals surface area contributed by atoms with Crippen molar-refractivity contribution in [2.24, 2.45) is 5.92 Å². The highest BCUT2D eigenvalue weighted by molar-refractivity contribution is 5.79. The first-order chi connectivity index (χ1) is 12.0. The van der Waals surface area contributed by atoms with Crippen molar-refractivity contribution in [1.82, 2.24) is 4.90 Å². The Hall–Kier alpha value is -2.04. The monoisotopic (exact) mass is 349 g/mol. The van der Waals surface area contributed by atoms with Gasteiger partial charge in [-0.3, -0.25) is 9.59 Å². The van der Waals surface area contributed by atoms with Crippen LogP contribution in [0.3, 0.4) is 0 Å². The average Bonchev–Trinajstić information content (AvgIpc) is 2.64. The number of methoxy groups -OCH3 is 1. The Morgan fingerprint density at radius 2 is 1.80 bits per heavy atom. The number of ether oxygens (including phenoxy) is 2. The average molecular weight is 349 g/mol. The highest BCUT2D eigenvalue weighted by Gasteiger charge is 2.21. The molecule has 0 fully saturated rings. The molecule has 0 spiro atoms. The third-order valence-corrected chi connectivity index (χ3v) is 4.18. The summed E-state index contributed by atoms with van der Waals surface area (Å²) in [6, 6.07) is 7.76. The lowest BCUT2D eigenvalue weighted by Gasteiger charge is -2.25. The molecule has 0 aliphatic carbocycles. The normalized spacial score (nSPS) is 11.7. The van der Waals surface area contributed by atoms with E-state index in [1.165, 1.54) is 12.7 Å². The second kappa shape index (κ2) is 11.5. The second-order valence-electron chi connectivity index (χ2n) is 6.26. The van der Waals surface area contributed by atoms with Gasteiger partial charge in [-0.25, -0.2) is 0 Å². The van der Waals surface area contributed by atoms with Crippen molar-refractivity contribution in [2.45, 2.75) is 46.5 Å². The van der Waals surface area contributed by atoms with Gasteiger partial charge in [-0.05, 0) is 30.5 Å². The molecule has 0 heterocycles. The Morgan fingerprint density at radius 1 is 1.12 bits per heavy atom. The summed E-state index contributed by atoms with van der Waals surface area (Å²) in [7, 11) is 1.37. The summed E-state index contributed by atoms with van der Waals surface area (Å²) in [6.07, 6.45) is 4.02. The van der Waals surface area contributed by atoms with Gasteiger partial charge in [0.25, 0.3) is 5.91 Å². The number of esters is 1. The lowest BCUT2D eigenvalue weighted by atomic mass is 10.1. The van der Waals surface area contributed by atoms with Crippen LogP contribution in [0.15, 0.2) is 24.3 Å². The van der Waals surface area contributed by atoms with Crippen molar-refractivity contribution >= 4 is 11.9 Å². The lowest BCUT2D eigenvalue weighted by molar-refractivity contribution is -0.146. The number of carbonyl (C=O) groups is 2. The zero-order chi connectivity index (χ0) is 18.7. The van der Waals surface area contributed by atoms with Crippen LogP contribution in [-0.2, 0) is 20.7 Å². The molecule has 25 heavy (non-hydrogen) atoms. The molecular formula is C20H31NO4. The summed E-state index contributed by atoms with van der Waals surface area (Å²) in [5.41, 5.74) is 1.23. The first-order valence-corrected chi connectivity index (χ1v) is 9.09. The molecule has 1 amide bonds. The Labute approximate surface area is 151 Å². The Kier molecular flexibility index (Phi) is 9.66. The van der Waals surface area contributed by atoms with Gasteiger partial charge < -0.3 is 14.4 Å². The lowest BCUT2D eigenvalue weighted by Crippen LogP contribution is -2.40. The van der Waals surface area contributed by atoms with Gasteiger partial charge in [0.15, 0.2) is 6.61 Å². The van der Waals surface area contributed by atoms with Crippen LogP contribution in [-0.4, -0.2) is 43.6 Å². The van der Waals surface area contributed by atoms with Crippen molar-refractivity contribution in [3.8, 4) is 5.75 Å². The fourth-order valence-electron chi connectivity index (χ4n) is 2.53. The van der Waals surface area contributed by atoms with Gasteiger partial charge in [-0.1, -0.05) is 45.7 Å². The van der Waals surface area contributed by atoms with E-state index in [9.17, 15) is 9.59 Å². The zero-order valence-electron chi connectivity index (χ0n) is 15.9. The van der Waals surface area contributed by atoms with E-state index in [-0.39, 0.29) is 24.4 Å². The van der Waals surface area contributed by atoms with Crippen molar-refractivity contribution in [3.63, 3.8) is 0 Å². The predicted molar refractivity (Wildman–Crippen MR) is 98.6 cm³/mol. The number of aryl methyl sites for hydroxylation is 1. The minimum absolute atomic E-state index is 0.0223. The summed E-state index contributed by atoms with van der Waals surface area (Å²) in [4.78, 5) is 25.9. The quantitative estimate of drug-likeness (QED) is 0.453. The zero-order valence-corrected chi connectivity index (χ0v) is 15.9. The molecule has 1 aromatic carbocycles. The number of hydrogen-bond acceptors (Lipinski definition) is 4. The molecule has 5 nitrogen and oxygen atoms in total. The van der Waals surface area contributed by atoms with Crippen LogP contribution in [0.2, 0.25) is 0 Å². The third-order valence-electron chi connectivity index (χ3n) is 4.18. The van der Waals surface area contributed by atoms with Gasteiger partial charge in [0.2, 0.25) is 0 Å². The van der Waals surface area contributed by atoms with E-state index < -0.39 is 0 Å². The Balaban J connectivity index is 2.61. The van der Waals surface area contributed by atoms with E-state index in [2.05, 4.69) is 13.8 Å². The van der Waals surface area contributed by atoms with E-state index in [0.717, 1.165) is 25.7 Å². The smallest absolute Gasteiger partial charge is 0.310 e. The van der Waals surface area contributed by atoms with Crippen molar-refractivity contribution in [3.05, 3.63) is 29.8 Å². The van der Waals surface area contributed by atoms with Crippen LogP contribution in [0.25, 0.3) is 0 Å². The highest BCUT2D eigenvalue weighted by Crippen LogP contribution is 2.13. The van der Waals surface area contributed by atoms with Gasteiger partial charge >= 0.3 is 5.97 Å². The van der Waals surface area contributed by atoms with Crippen LogP contribution in [0.1, 0.15) is 45.6 Å². The molecule has 0 saturated carbocycles. The van der Waals surface area contributed by atoms with Gasteiger partial charge in [-0.2, -0.15) is 0 Å². The van der Waals surface area contributed by atoms with Gasteiger partial charge in [0.05, 0.1) is 13.0 Å². The standard InChI is InChI=1S/C20H31NO4/c1-5-7-8-13-21(14-16(3)20(23)24-4)19(22)15-25-18-11-9-17(6-2)10-12-18/h9-12,16H,5-8,13-15H2,1-4H3. The number of unbranched alkanes of at least 4 members (excludes halogenated alkanes) is 2. The molecular weight excluding hydrogens is 318 g/mol. The van der Waals surface area contributed by atoms with Gasteiger partial charge in [0.1, 0.15) is 5.75 Å². The van der Waals surface area contributed by atoms with Gasteiger partial charge in [-0.15, -0.1) is 0 Å². The molecule has 1 unspecified atom stereocenters. The molecule has 0 N–H and O–H groups in total. The minimum Gasteiger partial charge on any atom is -0.484 e. The SMILES string of the molecule is CCCCCN(CC(C)C(=O)OC)C(=O)COc1ccc(CC)cc1. The van der Waals surface area contributed by atoms with E-state index in [0.29, 0.717) is 18.8 Å². The van der Waals surface area contributed by atoms with E-state index >= 15 is 0 Å². The Morgan fingerprint density at radius 3 is 2.36 bits per heavy atom. The first-order valence-electron chi connectivity index (χ1n) is 9.09. The second-order valence-corrected chi connectivity index (χ2v) is 6.26. The molecule has 0 aliphatic rings. The van der Waals surface area contributed by atoms with Gasteiger partial charge in [0, 0.05) is 13.1 Å². The summed E-state index contributed by atoms with van der Waals surface area (Å²) >= 11 is 0. The molecule has 1 rings (SSSR count). The van der Waals surface area contributed by atoms with Crippen LogP contribution in [0.4, 0.5) is 0 Å². The molecule has 0 bridgehead atoms. The van der Waals surface area contributed by atoms with E-state index in [1.54, 1.807) is 11.8 Å². The molecule has 1 aromatic rings. The third kappa shape index (κ3) is 7.59. The number of amides is 1. The van der Waals surface area contributed by atoms with Crippen LogP contribution >= 0.6 is 0 Å². The summed E-state index contributed by atoms with van der Waals surface area (Å²) in [5.74, 6) is -0.0738. The van der Waals surface area contributed by atoms with Crippen LogP contribution in [0.5, 0.6) is 5.75 Å². The molecule has 0 radical (unpaired) electrons. The summed E-state index contributed by atoms with van der Waals surface area (Å²) in [5, 5.41) is 0. The molecule has 140 valence electrons. The minimum atomic E-state index is -0.348. The number of hydrogen-bond donors (Lipinski definition) is 0. The number of rotatable bonds is 11. The Bertz CT molecular complexity index is 527. The van der Waals surface area contributed by atoms with Crippen molar-refractivity contribution in [1.29, 1.82) is 0 Å². The first kappa shape index (κ1) is 21.0. The maximum atomic E-state index is 12.5. The molecule has 1 atom stereocenters. The molecule has 0 aliphatic heterocycles.